The number of thiazole rings is 1. The third-order valence-corrected chi connectivity index (χ3v) is 7.71. The first kappa shape index (κ1) is 19.5. The Hall–Kier alpha value is -2.45. The molecule has 30 heavy (non-hydrogen) atoms. The number of hydrogen-bond acceptors (Lipinski definition) is 6. The van der Waals surface area contributed by atoms with Gasteiger partial charge in [0.1, 0.15) is 0 Å². The Morgan fingerprint density at radius 2 is 2.13 bits per heavy atom. The number of amides is 1. The molecule has 2 aromatic heterocycles. The van der Waals surface area contributed by atoms with Crippen molar-refractivity contribution in [1.29, 1.82) is 5.41 Å². The fourth-order valence-electron chi connectivity index (χ4n) is 4.50. The van der Waals surface area contributed by atoms with E-state index in [4.69, 9.17) is 5.41 Å². The summed E-state index contributed by atoms with van der Waals surface area (Å²) in [5.74, 6) is 1.24. The van der Waals surface area contributed by atoms with Crippen molar-refractivity contribution in [3.63, 3.8) is 0 Å². The summed E-state index contributed by atoms with van der Waals surface area (Å²) in [4.78, 5) is 18.9. The average molecular weight is 438 g/mol. The highest BCUT2D eigenvalue weighted by molar-refractivity contribution is 8.19. The lowest BCUT2D eigenvalue weighted by Crippen LogP contribution is -2.27. The van der Waals surface area contributed by atoms with E-state index in [0.717, 1.165) is 40.9 Å². The Kier molecular flexibility index (Phi) is 5.43. The second-order valence-electron chi connectivity index (χ2n) is 7.89. The Morgan fingerprint density at radius 1 is 1.27 bits per heavy atom. The number of nitrogens with one attached hydrogen (secondary N) is 2. The number of aromatic nitrogens is 3. The third-order valence-electron chi connectivity index (χ3n) is 6.07. The lowest BCUT2D eigenvalue weighted by atomic mass is 9.76. The number of allylic oxidation sites excluding steroid dienone is 4. The quantitative estimate of drug-likeness (QED) is 0.622. The van der Waals surface area contributed by atoms with Crippen LogP contribution in [0.4, 0.5) is 5.13 Å². The van der Waals surface area contributed by atoms with Crippen LogP contribution in [-0.4, -0.2) is 26.3 Å². The molecule has 6 nitrogen and oxygen atoms in total. The Labute approximate surface area is 183 Å². The van der Waals surface area contributed by atoms with Gasteiger partial charge in [-0.15, -0.1) is 11.3 Å². The molecule has 2 N–H and O–H groups in total. The number of anilines is 1. The van der Waals surface area contributed by atoms with E-state index in [1.807, 2.05) is 6.08 Å². The Morgan fingerprint density at radius 3 is 2.87 bits per heavy atom. The standard InChI is InChI=1S/C22H23N5OS2/c23-21-27(22-24-10-11-29-22)20(28)18(30-21)12-17-13-25-26-19(17)16-8-6-15(7-9-16)14-4-2-1-3-5-14/h6,8-15,23H,1-5,7H2,(H,25,26)/b18-12-,23-21?. The molecule has 3 heterocycles. The fraction of sp³-hybridized carbons (Fsp3) is 0.364. The highest BCUT2D eigenvalue weighted by Gasteiger charge is 2.35. The van der Waals surface area contributed by atoms with Crippen LogP contribution in [0, 0.1) is 17.2 Å². The number of thioether (sulfide) groups is 1. The van der Waals surface area contributed by atoms with Crippen molar-refractivity contribution >= 4 is 51.0 Å². The van der Waals surface area contributed by atoms with E-state index in [1.165, 1.54) is 48.3 Å². The second kappa shape index (κ2) is 8.35. The number of carbonyl (C=O) groups excluding carboxylic acids is 1. The van der Waals surface area contributed by atoms with Gasteiger partial charge in [0, 0.05) is 17.1 Å². The highest BCUT2D eigenvalue weighted by Crippen LogP contribution is 2.38. The van der Waals surface area contributed by atoms with Gasteiger partial charge in [-0.3, -0.25) is 15.3 Å². The summed E-state index contributed by atoms with van der Waals surface area (Å²) in [6, 6.07) is 0. The van der Waals surface area contributed by atoms with Gasteiger partial charge in [-0.05, 0) is 54.5 Å². The Bertz CT molecular complexity index is 1040. The van der Waals surface area contributed by atoms with Gasteiger partial charge in [0.25, 0.3) is 5.91 Å². The van der Waals surface area contributed by atoms with E-state index >= 15 is 0 Å². The van der Waals surface area contributed by atoms with E-state index in [1.54, 1.807) is 17.8 Å². The summed E-state index contributed by atoms with van der Waals surface area (Å²) in [6.45, 7) is 0. The van der Waals surface area contributed by atoms with Gasteiger partial charge in [0.15, 0.2) is 10.3 Å². The van der Waals surface area contributed by atoms with Crippen LogP contribution in [0.15, 0.2) is 40.9 Å². The van der Waals surface area contributed by atoms with E-state index in [2.05, 4.69) is 33.4 Å². The average Bonchev–Trinajstić information content (AvgIpc) is 3.51. The van der Waals surface area contributed by atoms with Crippen molar-refractivity contribution in [2.24, 2.45) is 11.8 Å². The summed E-state index contributed by atoms with van der Waals surface area (Å²) >= 11 is 2.51. The SMILES string of the molecule is N=C1S/C(=C\c2cn[nH]c2C2=CCC(C3CCCCC3)C=C2)C(=O)N1c1nccs1. The van der Waals surface area contributed by atoms with Gasteiger partial charge in [-0.25, -0.2) is 9.88 Å². The molecule has 1 aliphatic heterocycles. The van der Waals surface area contributed by atoms with Crippen molar-refractivity contribution < 1.29 is 4.79 Å². The zero-order valence-electron chi connectivity index (χ0n) is 16.5. The first-order chi connectivity index (χ1) is 14.7. The molecule has 0 radical (unpaired) electrons. The predicted octanol–water partition coefficient (Wildman–Crippen LogP) is 5.46. The number of amidine groups is 1. The molecule has 0 spiro atoms. The maximum Gasteiger partial charge on any atom is 0.273 e. The van der Waals surface area contributed by atoms with E-state index < -0.39 is 0 Å². The van der Waals surface area contributed by atoms with Crippen LogP contribution in [0.1, 0.15) is 49.8 Å². The molecule has 8 heteroatoms. The monoisotopic (exact) mass is 437 g/mol. The van der Waals surface area contributed by atoms with Crippen molar-refractivity contribution in [2.45, 2.75) is 38.5 Å². The number of nitrogens with zero attached hydrogens (tertiary/aromatic N) is 3. The number of rotatable bonds is 4. The van der Waals surface area contributed by atoms with Crippen LogP contribution in [0.3, 0.4) is 0 Å². The van der Waals surface area contributed by atoms with E-state index in [9.17, 15) is 4.79 Å². The third kappa shape index (κ3) is 3.70. The van der Waals surface area contributed by atoms with Crippen molar-refractivity contribution in [3.05, 3.63) is 52.2 Å². The second-order valence-corrected chi connectivity index (χ2v) is 9.79. The largest absolute Gasteiger partial charge is 0.278 e. The lowest BCUT2D eigenvalue weighted by Gasteiger charge is -2.29. The number of hydrogen-bond donors (Lipinski definition) is 2. The smallest absolute Gasteiger partial charge is 0.273 e. The minimum absolute atomic E-state index is 0.179. The molecule has 1 amide bonds. The molecule has 1 saturated carbocycles. The van der Waals surface area contributed by atoms with Crippen LogP contribution < -0.4 is 4.90 Å². The molecule has 154 valence electrons. The highest BCUT2D eigenvalue weighted by atomic mass is 32.2. The topological polar surface area (TPSA) is 85.7 Å². The summed E-state index contributed by atoms with van der Waals surface area (Å²) in [5.41, 5.74) is 2.91. The normalized spacial score (nSPS) is 24.1. The number of carbonyl (C=O) groups is 1. The predicted molar refractivity (Wildman–Crippen MR) is 123 cm³/mol. The van der Waals surface area contributed by atoms with E-state index in [0.29, 0.717) is 16.0 Å². The van der Waals surface area contributed by atoms with Crippen LogP contribution >= 0.6 is 23.1 Å². The molecule has 1 unspecified atom stereocenters. The molecule has 2 aliphatic carbocycles. The van der Waals surface area contributed by atoms with Crippen molar-refractivity contribution in [2.75, 3.05) is 4.90 Å². The summed E-state index contributed by atoms with van der Waals surface area (Å²) < 4.78 is 0. The molecule has 3 aliphatic rings. The van der Waals surface area contributed by atoms with Gasteiger partial charge in [-0.1, -0.05) is 37.5 Å². The molecule has 2 aromatic rings. The van der Waals surface area contributed by atoms with Crippen LogP contribution in [0.5, 0.6) is 0 Å². The van der Waals surface area contributed by atoms with Gasteiger partial charge >= 0.3 is 0 Å². The molecular weight excluding hydrogens is 414 g/mol. The zero-order chi connectivity index (χ0) is 20.5. The number of aromatic amines is 1. The minimum atomic E-state index is -0.211. The van der Waals surface area contributed by atoms with Gasteiger partial charge < -0.3 is 0 Å². The molecule has 1 saturated heterocycles. The molecule has 5 rings (SSSR count). The van der Waals surface area contributed by atoms with Crippen LogP contribution in [0.2, 0.25) is 0 Å². The first-order valence-electron chi connectivity index (χ1n) is 10.3. The van der Waals surface area contributed by atoms with Gasteiger partial charge in [0.05, 0.1) is 16.8 Å². The number of H-pyrrole nitrogens is 1. The van der Waals surface area contributed by atoms with Crippen molar-refractivity contribution in [3.8, 4) is 0 Å². The van der Waals surface area contributed by atoms with E-state index in [-0.39, 0.29) is 11.1 Å². The fourth-order valence-corrected chi connectivity index (χ4v) is 6.03. The van der Waals surface area contributed by atoms with Gasteiger partial charge in [-0.2, -0.15) is 5.10 Å². The maximum atomic E-state index is 12.8. The van der Waals surface area contributed by atoms with Crippen molar-refractivity contribution in [1.82, 2.24) is 15.2 Å². The lowest BCUT2D eigenvalue weighted by molar-refractivity contribution is -0.113. The minimum Gasteiger partial charge on any atom is -0.278 e. The zero-order valence-corrected chi connectivity index (χ0v) is 18.1. The molecule has 0 aromatic carbocycles. The summed E-state index contributed by atoms with van der Waals surface area (Å²) in [7, 11) is 0. The molecule has 2 fully saturated rings. The van der Waals surface area contributed by atoms with Gasteiger partial charge in [0.2, 0.25) is 0 Å². The molecular formula is C22H23N5OS2. The maximum absolute atomic E-state index is 12.8. The van der Waals surface area contributed by atoms with Crippen LogP contribution in [-0.2, 0) is 4.79 Å². The summed E-state index contributed by atoms with van der Waals surface area (Å²) in [6.07, 6.45) is 19.9. The summed E-state index contributed by atoms with van der Waals surface area (Å²) in [5, 5.41) is 18.0. The van der Waals surface area contributed by atoms with Crippen LogP contribution in [0.25, 0.3) is 11.6 Å². The first-order valence-corrected chi connectivity index (χ1v) is 12.0. The molecule has 1 atom stereocenters. The molecule has 0 bridgehead atoms. The Balaban J connectivity index is 1.35.